The Morgan fingerprint density at radius 2 is 0.843 bits per heavy atom. The highest BCUT2D eigenvalue weighted by Crippen LogP contribution is 2.23. The van der Waals surface area contributed by atoms with Crippen LogP contribution in [0.25, 0.3) is 0 Å². The number of aliphatic hydroxyl groups is 3. The van der Waals surface area contributed by atoms with Crippen molar-refractivity contribution in [3.8, 4) is 0 Å². The van der Waals surface area contributed by atoms with Crippen molar-refractivity contribution < 1.29 is 53.8 Å². The van der Waals surface area contributed by atoms with Gasteiger partial charge in [-0.3, -0.25) is 9.59 Å². The lowest BCUT2D eigenvalue weighted by atomic mass is 9.99. The lowest BCUT2D eigenvalue weighted by molar-refractivity contribution is -0.298. The highest BCUT2D eigenvalue weighted by atomic mass is 16.7. The number of carbonyl (C=O) groups is 3. The summed E-state index contributed by atoms with van der Waals surface area (Å²) in [6.45, 7) is 3.73. The largest absolute Gasteiger partial charge is 0.479 e. The quantitative estimate of drug-likeness (QED) is 0.0260. The first-order valence-corrected chi connectivity index (χ1v) is 28.3. The molecule has 1 fully saturated rings. The van der Waals surface area contributed by atoms with E-state index in [9.17, 15) is 34.8 Å². The Morgan fingerprint density at radius 1 is 0.457 bits per heavy atom. The smallest absolute Gasteiger partial charge is 0.335 e. The molecule has 0 aliphatic carbocycles. The summed E-state index contributed by atoms with van der Waals surface area (Å²) in [6, 6.07) is 0. The first-order valence-electron chi connectivity index (χ1n) is 28.3. The fraction of sp³-hybridized carbons (Fsp3) is 0.780. The maximum Gasteiger partial charge on any atom is 0.335 e. The number of rotatable bonds is 48. The number of unbranched alkanes of at least 4 members (excludes halogenated alkanes) is 27. The van der Waals surface area contributed by atoms with Crippen molar-refractivity contribution >= 4 is 17.9 Å². The minimum absolute atomic E-state index is 0.179. The van der Waals surface area contributed by atoms with Crippen LogP contribution in [0.3, 0.4) is 0 Å². The highest BCUT2D eigenvalue weighted by molar-refractivity contribution is 5.73. The van der Waals surface area contributed by atoms with Crippen LogP contribution in [-0.4, -0.2) is 88.4 Å². The summed E-state index contributed by atoms with van der Waals surface area (Å²) < 4.78 is 21.9. The Hall–Kier alpha value is -3.09. The van der Waals surface area contributed by atoms with Gasteiger partial charge in [-0.1, -0.05) is 216 Å². The van der Waals surface area contributed by atoms with E-state index in [1.165, 1.54) is 135 Å². The zero-order valence-electron chi connectivity index (χ0n) is 44.3. The van der Waals surface area contributed by atoms with Gasteiger partial charge in [0.25, 0.3) is 0 Å². The minimum Gasteiger partial charge on any atom is -0.479 e. The van der Waals surface area contributed by atoms with Crippen molar-refractivity contribution in [3.63, 3.8) is 0 Å². The normalized spacial score (nSPS) is 19.1. The third-order valence-electron chi connectivity index (χ3n) is 12.9. The standard InChI is InChI=1S/C59H102O11/c1-3-5-7-9-11-13-15-17-19-21-23-25-26-28-29-31-33-35-37-39-41-43-45-47-52(60)67-49-51(50-68-59-56(64)54(62)55(63)57(70-59)58(65)66)69-53(61)48-46-44-42-40-38-36-34-32-30-27-24-22-20-18-16-14-12-10-8-6-4-2/h5,7,11,13,17,19,22-25,51,54-57,59,62-64H,3-4,6,8-10,12,14-16,18,20-21,26-50H2,1-2H3,(H,65,66)/b7-5-,13-11-,19-17-,24-22-,25-23-. The van der Waals surface area contributed by atoms with Crippen LogP contribution in [0.5, 0.6) is 0 Å². The third kappa shape index (κ3) is 38.6. The van der Waals surface area contributed by atoms with Gasteiger partial charge >= 0.3 is 17.9 Å². The Labute approximate surface area is 426 Å². The maximum absolute atomic E-state index is 12.9. The minimum atomic E-state index is -1.86. The molecule has 1 aliphatic rings. The zero-order valence-corrected chi connectivity index (χ0v) is 44.3. The molecule has 404 valence electrons. The summed E-state index contributed by atoms with van der Waals surface area (Å²) in [5, 5.41) is 40.0. The number of hydrogen-bond acceptors (Lipinski definition) is 10. The second-order valence-corrected chi connectivity index (χ2v) is 19.4. The van der Waals surface area contributed by atoms with E-state index in [0.717, 1.165) is 70.6 Å². The van der Waals surface area contributed by atoms with Gasteiger partial charge in [0.2, 0.25) is 0 Å². The molecule has 6 unspecified atom stereocenters. The number of carboxylic acid groups (broad SMARTS) is 1. The van der Waals surface area contributed by atoms with Gasteiger partial charge in [0, 0.05) is 12.8 Å². The molecule has 0 amide bonds. The summed E-state index contributed by atoms with van der Waals surface area (Å²) in [7, 11) is 0. The molecule has 1 heterocycles. The monoisotopic (exact) mass is 987 g/mol. The van der Waals surface area contributed by atoms with E-state index in [-0.39, 0.29) is 19.4 Å². The average Bonchev–Trinajstić information content (AvgIpc) is 3.35. The van der Waals surface area contributed by atoms with E-state index in [1.807, 2.05) is 0 Å². The van der Waals surface area contributed by atoms with Crippen LogP contribution in [0.15, 0.2) is 60.8 Å². The summed E-state index contributed by atoms with van der Waals surface area (Å²) >= 11 is 0. The highest BCUT2D eigenvalue weighted by Gasteiger charge is 2.47. The van der Waals surface area contributed by atoms with Gasteiger partial charge in [-0.05, 0) is 77.0 Å². The molecule has 0 spiro atoms. The van der Waals surface area contributed by atoms with Crippen molar-refractivity contribution in [2.45, 2.75) is 282 Å². The van der Waals surface area contributed by atoms with Crippen LogP contribution in [0.2, 0.25) is 0 Å². The Morgan fingerprint density at radius 3 is 1.29 bits per heavy atom. The zero-order chi connectivity index (χ0) is 51.0. The molecule has 1 saturated heterocycles. The summed E-state index contributed by atoms with van der Waals surface area (Å²) in [4.78, 5) is 37.1. The number of aliphatic carboxylic acids is 1. The van der Waals surface area contributed by atoms with Crippen LogP contribution in [0, 0.1) is 0 Å². The first-order chi connectivity index (χ1) is 34.2. The molecule has 4 N–H and O–H groups in total. The molecule has 0 radical (unpaired) electrons. The second kappa shape index (κ2) is 48.2. The van der Waals surface area contributed by atoms with Gasteiger partial charge in [0.15, 0.2) is 18.5 Å². The third-order valence-corrected chi connectivity index (χ3v) is 12.9. The Kier molecular flexibility index (Phi) is 44.7. The lowest BCUT2D eigenvalue weighted by Gasteiger charge is -2.38. The molecule has 0 bridgehead atoms. The van der Waals surface area contributed by atoms with Crippen molar-refractivity contribution in [2.75, 3.05) is 13.2 Å². The second-order valence-electron chi connectivity index (χ2n) is 19.4. The van der Waals surface area contributed by atoms with Crippen molar-refractivity contribution in [3.05, 3.63) is 60.8 Å². The van der Waals surface area contributed by atoms with E-state index >= 15 is 0 Å². The van der Waals surface area contributed by atoms with Crippen LogP contribution in [0.1, 0.15) is 245 Å². The number of aliphatic hydroxyl groups excluding tert-OH is 3. The maximum atomic E-state index is 12.9. The predicted molar refractivity (Wildman–Crippen MR) is 284 cm³/mol. The molecule has 0 aromatic heterocycles. The average molecular weight is 987 g/mol. The molecule has 0 aromatic carbocycles. The van der Waals surface area contributed by atoms with Gasteiger partial charge in [0.1, 0.15) is 24.9 Å². The van der Waals surface area contributed by atoms with Gasteiger partial charge < -0.3 is 39.4 Å². The number of carbonyl (C=O) groups excluding carboxylic acids is 2. The molecule has 11 nitrogen and oxygen atoms in total. The lowest BCUT2D eigenvalue weighted by Crippen LogP contribution is -2.60. The number of carboxylic acids is 1. The van der Waals surface area contributed by atoms with Crippen LogP contribution in [-0.2, 0) is 33.3 Å². The topological polar surface area (TPSA) is 169 Å². The van der Waals surface area contributed by atoms with Gasteiger partial charge in [0.05, 0.1) is 6.61 Å². The van der Waals surface area contributed by atoms with Gasteiger partial charge in [-0.15, -0.1) is 0 Å². The number of esters is 2. The van der Waals surface area contributed by atoms with E-state index in [2.05, 4.69) is 74.6 Å². The summed E-state index contributed by atoms with van der Waals surface area (Å²) in [6.07, 6.45) is 52.7. The predicted octanol–water partition coefficient (Wildman–Crippen LogP) is 14.2. The summed E-state index contributed by atoms with van der Waals surface area (Å²) in [5.41, 5.74) is 0. The molecular formula is C59H102O11. The first kappa shape index (κ1) is 64.9. The van der Waals surface area contributed by atoms with E-state index < -0.39 is 61.3 Å². The van der Waals surface area contributed by atoms with Crippen molar-refractivity contribution in [2.24, 2.45) is 0 Å². The molecule has 11 heteroatoms. The molecule has 1 aliphatic heterocycles. The molecule has 0 aromatic rings. The van der Waals surface area contributed by atoms with Crippen molar-refractivity contribution in [1.82, 2.24) is 0 Å². The van der Waals surface area contributed by atoms with Crippen LogP contribution < -0.4 is 0 Å². The number of hydrogen-bond donors (Lipinski definition) is 4. The SMILES string of the molecule is CC/C=C\C/C=C\C/C=C\C/C=C\CCCCCCCCCCCCC(=O)OCC(COC1OC(C(=O)O)C(O)C(O)C1O)OC(=O)CCCCCCCCCCC/C=C\CCCCCCCCCC. The molecular weight excluding hydrogens is 885 g/mol. The van der Waals surface area contributed by atoms with Gasteiger partial charge in [-0.2, -0.15) is 0 Å². The molecule has 70 heavy (non-hydrogen) atoms. The van der Waals surface area contributed by atoms with Crippen molar-refractivity contribution in [1.29, 1.82) is 0 Å². The molecule has 6 atom stereocenters. The number of allylic oxidation sites excluding steroid dienone is 10. The van der Waals surface area contributed by atoms with Crippen LogP contribution >= 0.6 is 0 Å². The fourth-order valence-corrected chi connectivity index (χ4v) is 8.45. The van der Waals surface area contributed by atoms with E-state index in [0.29, 0.717) is 12.8 Å². The number of ether oxygens (including phenoxy) is 4. The van der Waals surface area contributed by atoms with Gasteiger partial charge in [-0.25, -0.2) is 4.79 Å². The van der Waals surface area contributed by atoms with E-state index in [1.54, 1.807) is 0 Å². The van der Waals surface area contributed by atoms with E-state index in [4.69, 9.17) is 18.9 Å². The van der Waals surface area contributed by atoms with Crippen LogP contribution in [0.4, 0.5) is 0 Å². The Balaban J connectivity index is 2.25. The molecule has 1 rings (SSSR count). The molecule has 0 saturated carbocycles. The summed E-state index contributed by atoms with van der Waals surface area (Å²) in [5.74, 6) is -2.44. The fourth-order valence-electron chi connectivity index (χ4n) is 8.45. The Bertz CT molecular complexity index is 1390.